The highest BCUT2D eigenvalue weighted by molar-refractivity contribution is 9.10. The van der Waals surface area contributed by atoms with Crippen LogP contribution in [0.15, 0.2) is 40.9 Å². The molecule has 0 spiro atoms. The first kappa shape index (κ1) is 22.0. The van der Waals surface area contributed by atoms with Crippen molar-refractivity contribution in [2.24, 2.45) is 0 Å². The Labute approximate surface area is 175 Å². The first-order valence-electron chi connectivity index (χ1n) is 9.36. The molecule has 0 radical (unpaired) electrons. The van der Waals surface area contributed by atoms with Gasteiger partial charge in [-0.25, -0.2) is 0 Å². The van der Waals surface area contributed by atoms with Gasteiger partial charge >= 0.3 is 0 Å². The maximum Gasteiger partial charge on any atom is 0.265 e. The van der Waals surface area contributed by atoms with Gasteiger partial charge in [-0.15, -0.1) is 0 Å². The van der Waals surface area contributed by atoms with E-state index in [-0.39, 0.29) is 17.9 Å². The largest absolute Gasteiger partial charge is 0.480 e. The third-order valence-electron chi connectivity index (χ3n) is 4.49. The lowest BCUT2D eigenvalue weighted by atomic mass is 10.1. The zero-order valence-corrected chi connectivity index (χ0v) is 18.5. The van der Waals surface area contributed by atoms with Crippen LogP contribution in [0, 0.1) is 13.8 Å². The molecular formula is C22H27BrN2O3. The number of anilines is 1. The minimum Gasteiger partial charge on any atom is -0.480 e. The van der Waals surface area contributed by atoms with E-state index < -0.39 is 6.10 Å². The van der Waals surface area contributed by atoms with Crippen molar-refractivity contribution in [2.75, 3.05) is 5.32 Å². The second kappa shape index (κ2) is 9.73. The summed E-state index contributed by atoms with van der Waals surface area (Å²) < 4.78 is 6.86. The third kappa shape index (κ3) is 5.83. The van der Waals surface area contributed by atoms with E-state index in [1.807, 2.05) is 39.8 Å². The molecule has 0 heterocycles. The summed E-state index contributed by atoms with van der Waals surface area (Å²) in [6.45, 7) is 9.58. The molecule has 5 nitrogen and oxygen atoms in total. The highest BCUT2D eigenvalue weighted by Crippen LogP contribution is 2.28. The third-order valence-corrected chi connectivity index (χ3v) is 4.95. The number of hydrogen-bond acceptors (Lipinski definition) is 3. The van der Waals surface area contributed by atoms with E-state index >= 15 is 0 Å². The molecule has 150 valence electrons. The number of amides is 2. The fraction of sp³-hybridized carbons (Fsp3) is 0.364. The summed E-state index contributed by atoms with van der Waals surface area (Å²) in [5, 5.41) is 5.74. The Bertz CT molecular complexity index is 826. The fourth-order valence-corrected chi connectivity index (χ4v) is 3.36. The summed E-state index contributed by atoms with van der Waals surface area (Å²) in [5.74, 6) is 0.339. The molecule has 0 aromatic heterocycles. The molecule has 2 aromatic carbocycles. The van der Waals surface area contributed by atoms with Gasteiger partial charge in [0.05, 0.1) is 0 Å². The number of nitrogens with one attached hydrogen (secondary N) is 2. The van der Waals surface area contributed by atoms with Gasteiger partial charge in [0.15, 0.2) is 6.10 Å². The Morgan fingerprint density at radius 3 is 2.18 bits per heavy atom. The van der Waals surface area contributed by atoms with Crippen molar-refractivity contribution in [3.05, 3.63) is 57.6 Å². The molecule has 2 atom stereocenters. The molecule has 6 heteroatoms. The van der Waals surface area contributed by atoms with Gasteiger partial charge in [0.2, 0.25) is 0 Å². The van der Waals surface area contributed by atoms with Gasteiger partial charge in [0, 0.05) is 21.8 Å². The van der Waals surface area contributed by atoms with Crippen LogP contribution < -0.4 is 15.4 Å². The second-order valence-electron chi connectivity index (χ2n) is 6.98. The van der Waals surface area contributed by atoms with Gasteiger partial charge in [-0.05, 0) is 81.6 Å². The summed E-state index contributed by atoms with van der Waals surface area (Å²) in [6, 6.07) is 10.9. The van der Waals surface area contributed by atoms with Crippen molar-refractivity contribution < 1.29 is 14.3 Å². The van der Waals surface area contributed by atoms with Crippen LogP contribution in [0.3, 0.4) is 0 Å². The number of hydrogen-bond donors (Lipinski definition) is 2. The van der Waals surface area contributed by atoms with Crippen molar-refractivity contribution >= 4 is 33.4 Å². The Morgan fingerprint density at radius 1 is 1.07 bits per heavy atom. The van der Waals surface area contributed by atoms with E-state index in [0.29, 0.717) is 17.0 Å². The molecule has 0 aliphatic heterocycles. The molecule has 0 saturated heterocycles. The zero-order chi connectivity index (χ0) is 20.8. The number of aryl methyl sites for hydroxylation is 2. The number of halogens is 1. The molecule has 2 N–H and O–H groups in total. The van der Waals surface area contributed by atoms with Crippen LogP contribution in [0.2, 0.25) is 0 Å². The van der Waals surface area contributed by atoms with Crippen molar-refractivity contribution in [1.82, 2.24) is 5.32 Å². The van der Waals surface area contributed by atoms with E-state index in [1.54, 1.807) is 31.2 Å². The fourth-order valence-electron chi connectivity index (χ4n) is 2.67. The van der Waals surface area contributed by atoms with Crippen molar-refractivity contribution in [2.45, 2.75) is 53.2 Å². The molecule has 0 aliphatic carbocycles. The monoisotopic (exact) mass is 446 g/mol. The smallest absolute Gasteiger partial charge is 0.265 e. The highest BCUT2D eigenvalue weighted by Gasteiger charge is 2.18. The van der Waals surface area contributed by atoms with Gasteiger partial charge < -0.3 is 15.4 Å². The maximum absolute atomic E-state index is 12.5. The molecule has 0 fully saturated rings. The van der Waals surface area contributed by atoms with Crippen molar-refractivity contribution in [3.63, 3.8) is 0 Å². The van der Waals surface area contributed by atoms with Gasteiger partial charge in [-0.1, -0.05) is 22.9 Å². The standard InChI is InChI=1S/C22H27BrN2O3/c1-6-15(4)24-22(27)17-7-9-19(10-8-17)25-21(26)16(5)28-20-13(2)11-18(23)12-14(20)3/h7-12,15-16H,6H2,1-5H3,(H,24,27)(H,25,26). The number of carbonyl (C=O) groups excluding carboxylic acids is 2. The molecule has 2 amide bonds. The Hall–Kier alpha value is -2.34. The lowest BCUT2D eigenvalue weighted by Crippen LogP contribution is -2.32. The molecule has 2 rings (SSSR count). The molecule has 28 heavy (non-hydrogen) atoms. The molecular weight excluding hydrogens is 420 g/mol. The van der Waals surface area contributed by atoms with Crippen LogP contribution in [0.5, 0.6) is 5.75 Å². The normalized spacial score (nSPS) is 12.8. The van der Waals surface area contributed by atoms with E-state index in [4.69, 9.17) is 4.74 Å². The number of carbonyl (C=O) groups is 2. The second-order valence-corrected chi connectivity index (χ2v) is 7.89. The zero-order valence-electron chi connectivity index (χ0n) is 16.9. The van der Waals surface area contributed by atoms with Gasteiger partial charge in [0.25, 0.3) is 11.8 Å². The number of rotatable bonds is 7. The quantitative estimate of drug-likeness (QED) is 0.628. The molecule has 2 aromatic rings. The van der Waals surface area contributed by atoms with Gasteiger partial charge in [-0.3, -0.25) is 9.59 Å². The van der Waals surface area contributed by atoms with Crippen LogP contribution >= 0.6 is 15.9 Å². The predicted molar refractivity (Wildman–Crippen MR) is 116 cm³/mol. The highest BCUT2D eigenvalue weighted by atomic mass is 79.9. The van der Waals surface area contributed by atoms with Crippen LogP contribution in [0.4, 0.5) is 5.69 Å². The molecule has 0 bridgehead atoms. The summed E-state index contributed by atoms with van der Waals surface area (Å²) in [4.78, 5) is 24.6. The van der Waals surface area contributed by atoms with Gasteiger partial charge in [-0.2, -0.15) is 0 Å². The lowest BCUT2D eigenvalue weighted by Gasteiger charge is -2.18. The van der Waals surface area contributed by atoms with E-state index in [9.17, 15) is 9.59 Å². The van der Waals surface area contributed by atoms with Crippen LogP contribution in [-0.2, 0) is 4.79 Å². The SMILES string of the molecule is CCC(C)NC(=O)c1ccc(NC(=O)C(C)Oc2c(C)cc(Br)cc2C)cc1. The molecule has 0 aliphatic rings. The Morgan fingerprint density at radius 2 is 1.64 bits per heavy atom. The molecule has 2 unspecified atom stereocenters. The first-order valence-corrected chi connectivity index (χ1v) is 10.2. The van der Waals surface area contributed by atoms with Crippen molar-refractivity contribution in [3.8, 4) is 5.75 Å². The van der Waals surface area contributed by atoms with Crippen molar-refractivity contribution in [1.29, 1.82) is 0 Å². The predicted octanol–water partition coefficient (Wildman–Crippen LogP) is 5.00. The maximum atomic E-state index is 12.5. The Kier molecular flexibility index (Phi) is 7.63. The summed E-state index contributed by atoms with van der Waals surface area (Å²) in [7, 11) is 0. The minimum atomic E-state index is -0.660. The van der Waals surface area contributed by atoms with E-state index in [1.165, 1.54) is 0 Å². The Balaban J connectivity index is 2.00. The summed E-state index contributed by atoms with van der Waals surface area (Å²) >= 11 is 3.46. The van der Waals surface area contributed by atoms with Crippen LogP contribution in [-0.4, -0.2) is 24.0 Å². The average molecular weight is 447 g/mol. The minimum absolute atomic E-state index is 0.120. The number of benzene rings is 2. The van der Waals surface area contributed by atoms with Crippen LogP contribution in [0.25, 0.3) is 0 Å². The summed E-state index contributed by atoms with van der Waals surface area (Å²) in [5.41, 5.74) is 3.10. The van der Waals surface area contributed by atoms with E-state index in [0.717, 1.165) is 22.0 Å². The van der Waals surface area contributed by atoms with E-state index in [2.05, 4.69) is 26.6 Å². The average Bonchev–Trinajstić information content (AvgIpc) is 2.64. The molecule has 0 saturated carbocycles. The van der Waals surface area contributed by atoms with Gasteiger partial charge in [0.1, 0.15) is 5.75 Å². The lowest BCUT2D eigenvalue weighted by molar-refractivity contribution is -0.122. The number of ether oxygens (including phenoxy) is 1. The topological polar surface area (TPSA) is 67.4 Å². The first-order chi connectivity index (χ1) is 13.2. The van der Waals surface area contributed by atoms with Crippen LogP contribution in [0.1, 0.15) is 48.7 Å². The summed E-state index contributed by atoms with van der Waals surface area (Å²) in [6.07, 6.45) is 0.210.